The second-order valence-corrected chi connectivity index (χ2v) is 19.6. The van der Waals surface area contributed by atoms with E-state index in [1.807, 2.05) is 0 Å². The molecule has 0 aliphatic heterocycles. The molecule has 0 radical (unpaired) electrons. The van der Waals surface area contributed by atoms with Gasteiger partial charge in [0.2, 0.25) is 5.91 Å². The zero-order valence-corrected chi connectivity index (χ0v) is 43.2. The van der Waals surface area contributed by atoms with Crippen molar-refractivity contribution in [2.75, 3.05) is 6.61 Å². The molecule has 5 N–H and O–H groups in total. The van der Waals surface area contributed by atoms with Crippen molar-refractivity contribution in [2.24, 2.45) is 0 Å². The molecule has 0 spiro atoms. The first-order chi connectivity index (χ1) is 32.0. The minimum Gasteiger partial charge on any atom is -0.394 e. The van der Waals surface area contributed by atoms with Crippen molar-refractivity contribution >= 4 is 5.91 Å². The SMILES string of the molecule is CCCCCCCCCCC/C=C\CCCCCCCCC(O)C(=O)NC(CO)C(O)C(O)CCC/C=C/CC/C=C/CC/C=C/CCCCCCCCCCCCCCCCCCC. The van der Waals surface area contributed by atoms with Crippen molar-refractivity contribution in [3.63, 3.8) is 0 Å². The van der Waals surface area contributed by atoms with E-state index in [0.717, 1.165) is 64.2 Å². The lowest BCUT2D eigenvalue weighted by Crippen LogP contribution is -2.53. The Morgan fingerprint density at radius 3 is 0.969 bits per heavy atom. The lowest BCUT2D eigenvalue weighted by Gasteiger charge is -2.27. The van der Waals surface area contributed by atoms with E-state index in [4.69, 9.17) is 0 Å². The van der Waals surface area contributed by atoms with E-state index in [-0.39, 0.29) is 0 Å². The van der Waals surface area contributed by atoms with Gasteiger partial charge in [0.05, 0.1) is 18.8 Å². The maximum Gasteiger partial charge on any atom is 0.249 e. The normalized spacial score (nSPS) is 14.1. The van der Waals surface area contributed by atoms with Crippen LogP contribution < -0.4 is 5.32 Å². The first kappa shape index (κ1) is 63.3. The van der Waals surface area contributed by atoms with Crippen LogP contribution in [0.5, 0.6) is 0 Å². The summed E-state index contributed by atoms with van der Waals surface area (Å²) in [4.78, 5) is 12.6. The third-order valence-electron chi connectivity index (χ3n) is 13.2. The summed E-state index contributed by atoms with van der Waals surface area (Å²) in [5, 5.41) is 43.9. The van der Waals surface area contributed by atoms with Gasteiger partial charge in [0.25, 0.3) is 0 Å². The molecule has 0 bridgehead atoms. The molecule has 0 aromatic rings. The maximum atomic E-state index is 12.6. The van der Waals surface area contributed by atoms with Crippen LogP contribution in [0.3, 0.4) is 0 Å². The van der Waals surface area contributed by atoms with Crippen molar-refractivity contribution in [1.29, 1.82) is 0 Å². The molecule has 0 saturated carbocycles. The van der Waals surface area contributed by atoms with E-state index in [1.54, 1.807) is 0 Å². The zero-order chi connectivity index (χ0) is 47.4. The molecule has 6 heteroatoms. The molecule has 0 aliphatic carbocycles. The van der Waals surface area contributed by atoms with Crippen LogP contribution in [0.4, 0.5) is 0 Å². The van der Waals surface area contributed by atoms with Gasteiger partial charge in [-0.05, 0) is 89.9 Å². The lowest BCUT2D eigenvalue weighted by molar-refractivity contribution is -0.132. The number of carbonyl (C=O) groups excluding carboxylic acids is 1. The van der Waals surface area contributed by atoms with Crippen LogP contribution in [0.2, 0.25) is 0 Å². The summed E-state index contributed by atoms with van der Waals surface area (Å²) in [6.45, 7) is 4.06. The molecule has 0 saturated heterocycles. The molecule has 0 aliphatic rings. The van der Waals surface area contributed by atoms with Gasteiger partial charge < -0.3 is 25.7 Å². The summed E-state index contributed by atoms with van der Waals surface area (Å²) in [6.07, 6.45) is 67.6. The van der Waals surface area contributed by atoms with Gasteiger partial charge in [-0.3, -0.25) is 4.79 Å². The highest BCUT2D eigenvalue weighted by molar-refractivity contribution is 5.80. The van der Waals surface area contributed by atoms with Crippen molar-refractivity contribution in [3.05, 3.63) is 48.6 Å². The van der Waals surface area contributed by atoms with Gasteiger partial charge in [0.15, 0.2) is 0 Å². The Labute approximate surface area is 404 Å². The first-order valence-electron chi connectivity index (χ1n) is 28.5. The topological polar surface area (TPSA) is 110 Å². The average molecular weight is 915 g/mol. The highest BCUT2D eigenvalue weighted by atomic mass is 16.3. The molecule has 382 valence electrons. The highest BCUT2D eigenvalue weighted by Gasteiger charge is 2.28. The smallest absolute Gasteiger partial charge is 0.249 e. The number of amides is 1. The monoisotopic (exact) mass is 914 g/mol. The summed E-state index contributed by atoms with van der Waals surface area (Å²) >= 11 is 0. The Morgan fingerprint density at radius 2 is 0.646 bits per heavy atom. The molecule has 6 nitrogen and oxygen atoms in total. The van der Waals surface area contributed by atoms with Crippen molar-refractivity contribution in [3.8, 4) is 0 Å². The molecule has 0 fully saturated rings. The second-order valence-electron chi connectivity index (χ2n) is 19.6. The number of allylic oxidation sites excluding steroid dienone is 8. The van der Waals surface area contributed by atoms with Crippen molar-refractivity contribution < 1.29 is 25.2 Å². The summed E-state index contributed by atoms with van der Waals surface area (Å²) < 4.78 is 0. The fourth-order valence-corrected chi connectivity index (χ4v) is 8.73. The Morgan fingerprint density at radius 1 is 0.369 bits per heavy atom. The van der Waals surface area contributed by atoms with Gasteiger partial charge >= 0.3 is 0 Å². The van der Waals surface area contributed by atoms with Crippen LogP contribution >= 0.6 is 0 Å². The van der Waals surface area contributed by atoms with E-state index in [0.29, 0.717) is 19.3 Å². The van der Waals surface area contributed by atoms with Crippen LogP contribution in [0.25, 0.3) is 0 Å². The number of rotatable bonds is 52. The maximum absolute atomic E-state index is 12.6. The Balaban J connectivity index is 3.71. The quantitative estimate of drug-likeness (QED) is 0.0308. The molecule has 0 aromatic heterocycles. The summed E-state index contributed by atoms with van der Waals surface area (Å²) in [6, 6.07) is -1.02. The van der Waals surface area contributed by atoms with Crippen LogP contribution in [0.1, 0.15) is 290 Å². The van der Waals surface area contributed by atoms with Crippen LogP contribution in [-0.4, -0.2) is 57.3 Å². The number of nitrogens with one attached hydrogen (secondary N) is 1. The molecule has 65 heavy (non-hydrogen) atoms. The highest BCUT2D eigenvalue weighted by Crippen LogP contribution is 2.17. The average Bonchev–Trinajstić information content (AvgIpc) is 3.31. The standard InChI is InChI=1S/C59H111NO5/c1-3-5-7-9-11-13-15-17-19-21-23-24-25-26-27-28-29-30-31-32-33-35-36-38-40-42-44-46-48-50-52-56(62)58(64)55(54-61)60-59(65)57(63)53-51-49-47-45-43-41-39-37-34-22-20-18-16-14-12-10-8-6-4-2/h31-32,34,36-38,44,46,55-58,61-64H,3-30,33,35,39-43,45,47-54H2,1-2H3,(H,60,65)/b32-31+,37-34-,38-36+,46-44+. The van der Waals surface area contributed by atoms with Crippen LogP contribution in [0.15, 0.2) is 48.6 Å². The number of aliphatic hydroxyl groups excluding tert-OH is 4. The van der Waals surface area contributed by atoms with E-state index in [1.165, 1.54) is 193 Å². The third kappa shape index (κ3) is 47.1. The van der Waals surface area contributed by atoms with E-state index in [9.17, 15) is 25.2 Å². The number of hydrogen-bond acceptors (Lipinski definition) is 5. The molecule has 0 rings (SSSR count). The molecule has 1 amide bonds. The summed E-state index contributed by atoms with van der Waals surface area (Å²) in [7, 11) is 0. The first-order valence-corrected chi connectivity index (χ1v) is 28.5. The van der Waals surface area contributed by atoms with Crippen molar-refractivity contribution in [2.45, 2.75) is 314 Å². The molecule has 0 aromatic carbocycles. The predicted octanol–water partition coefficient (Wildman–Crippen LogP) is 16.6. The zero-order valence-electron chi connectivity index (χ0n) is 43.2. The van der Waals surface area contributed by atoms with E-state index >= 15 is 0 Å². The van der Waals surface area contributed by atoms with Gasteiger partial charge in [-0.15, -0.1) is 0 Å². The molecular weight excluding hydrogens is 803 g/mol. The van der Waals surface area contributed by atoms with Crippen LogP contribution in [-0.2, 0) is 4.79 Å². The van der Waals surface area contributed by atoms with Gasteiger partial charge in [0, 0.05) is 0 Å². The van der Waals surface area contributed by atoms with Gasteiger partial charge in [-0.2, -0.15) is 0 Å². The number of carbonyl (C=O) groups is 1. The third-order valence-corrected chi connectivity index (χ3v) is 13.2. The van der Waals surface area contributed by atoms with E-state index < -0.39 is 36.9 Å². The number of aliphatic hydroxyl groups is 4. The summed E-state index contributed by atoms with van der Waals surface area (Å²) in [5.41, 5.74) is 0. The fourth-order valence-electron chi connectivity index (χ4n) is 8.73. The Bertz CT molecular complexity index is 1070. The van der Waals surface area contributed by atoms with Gasteiger partial charge in [-0.1, -0.05) is 249 Å². The van der Waals surface area contributed by atoms with Crippen LogP contribution in [0, 0.1) is 0 Å². The molecule has 4 atom stereocenters. The molecular formula is C59H111NO5. The molecule has 4 unspecified atom stereocenters. The van der Waals surface area contributed by atoms with Crippen molar-refractivity contribution in [1.82, 2.24) is 5.32 Å². The van der Waals surface area contributed by atoms with E-state index in [2.05, 4.69) is 67.8 Å². The van der Waals surface area contributed by atoms with Gasteiger partial charge in [0.1, 0.15) is 12.2 Å². The predicted molar refractivity (Wildman–Crippen MR) is 283 cm³/mol. The minimum absolute atomic E-state index is 0.351. The minimum atomic E-state index is -1.30. The lowest BCUT2D eigenvalue weighted by atomic mass is 10.00. The molecule has 0 heterocycles. The largest absolute Gasteiger partial charge is 0.394 e. The van der Waals surface area contributed by atoms with Gasteiger partial charge in [-0.25, -0.2) is 0 Å². The Hall–Kier alpha value is -1.73. The number of hydrogen-bond donors (Lipinski definition) is 5. The second kappa shape index (κ2) is 53.2. The number of unbranched alkanes of at least 4 members (excludes halogenated alkanes) is 35. The summed E-state index contributed by atoms with van der Waals surface area (Å²) in [5.74, 6) is -0.603. The Kier molecular flexibility index (Phi) is 51.8. The fraction of sp³-hybridized carbons (Fsp3) is 0.847.